The largest absolute Gasteiger partial charge is 0.492 e. The van der Waals surface area contributed by atoms with Crippen LogP contribution in [-0.2, 0) is 5.33 Å². The molecule has 1 fully saturated rings. The molecule has 0 bridgehead atoms. The van der Waals surface area contributed by atoms with E-state index in [0.29, 0.717) is 0 Å². The molecule has 1 aliphatic carbocycles. The lowest BCUT2D eigenvalue weighted by molar-refractivity contribution is 0.277. The average Bonchev–Trinajstić information content (AvgIpc) is 2.97. The Bertz CT molecular complexity index is 389. The molecule has 0 radical (unpaired) electrons. The molecule has 1 heterocycles. The van der Waals surface area contributed by atoms with Gasteiger partial charge in [0.2, 0.25) is 0 Å². The van der Waals surface area contributed by atoms with Crippen LogP contribution >= 0.6 is 31.9 Å². The zero-order chi connectivity index (χ0) is 9.71. The van der Waals surface area contributed by atoms with Gasteiger partial charge in [-0.05, 0) is 39.9 Å². The summed E-state index contributed by atoms with van der Waals surface area (Å²) >= 11 is 7.09. The fourth-order valence-corrected chi connectivity index (χ4v) is 3.21. The molecule has 1 saturated carbocycles. The van der Waals surface area contributed by atoms with Gasteiger partial charge in [-0.3, -0.25) is 0 Å². The summed E-state index contributed by atoms with van der Waals surface area (Å²) in [7, 11) is 0. The van der Waals surface area contributed by atoms with Crippen molar-refractivity contribution >= 4 is 31.9 Å². The zero-order valence-electron chi connectivity index (χ0n) is 7.59. The van der Waals surface area contributed by atoms with E-state index in [2.05, 4.69) is 44.0 Å². The van der Waals surface area contributed by atoms with Crippen LogP contribution in [0.15, 0.2) is 16.6 Å². The van der Waals surface area contributed by atoms with E-state index in [9.17, 15) is 0 Å². The van der Waals surface area contributed by atoms with Gasteiger partial charge in [0.05, 0.1) is 11.1 Å². The SMILES string of the molecule is BrCc1ccc(Br)c2c1C1CC1CO2. The molecule has 0 spiro atoms. The van der Waals surface area contributed by atoms with Gasteiger partial charge in [-0.1, -0.05) is 22.0 Å². The summed E-state index contributed by atoms with van der Waals surface area (Å²) in [5.41, 5.74) is 2.82. The highest BCUT2D eigenvalue weighted by Crippen LogP contribution is 2.56. The van der Waals surface area contributed by atoms with Gasteiger partial charge in [0, 0.05) is 16.8 Å². The Morgan fingerprint density at radius 3 is 3.07 bits per heavy atom. The minimum Gasteiger partial charge on any atom is -0.492 e. The smallest absolute Gasteiger partial charge is 0.137 e. The molecule has 3 heteroatoms. The van der Waals surface area contributed by atoms with Gasteiger partial charge in [0.1, 0.15) is 5.75 Å². The molecule has 0 N–H and O–H groups in total. The maximum absolute atomic E-state index is 5.78. The van der Waals surface area contributed by atoms with E-state index in [1.54, 1.807) is 0 Å². The third-order valence-electron chi connectivity index (χ3n) is 3.12. The van der Waals surface area contributed by atoms with E-state index in [1.165, 1.54) is 17.5 Å². The average molecular weight is 318 g/mol. The van der Waals surface area contributed by atoms with E-state index < -0.39 is 0 Å². The first-order valence-corrected chi connectivity index (χ1v) is 6.72. The third kappa shape index (κ3) is 1.25. The molecule has 0 aromatic heterocycles. The predicted molar refractivity (Wildman–Crippen MR) is 63.1 cm³/mol. The Balaban J connectivity index is 2.18. The van der Waals surface area contributed by atoms with E-state index in [0.717, 1.165) is 34.0 Å². The Kier molecular flexibility index (Phi) is 2.13. The first kappa shape index (κ1) is 9.22. The number of rotatable bonds is 1. The summed E-state index contributed by atoms with van der Waals surface area (Å²) in [4.78, 5) is 0. The van der Waals surface area contributed by atoms with Crippen LogP contribution in [0, 0.1) is 5.92 Å². The van der Waals surface area contributed by atoms with Gasteiger partial charge in [-0.25, -0.2) is 0 Å². The van der Waals surface area contributed by atoms with Crippen molar-refractivity contribution in [1.29, 1.82) is 0 Å². The van der Waals surface area contributed by atoms with Crippen LogP contribution < -0.4 is 4.74 Å². The van der Waals surface area contributed by atoms with Gasteiger partial charge < -0.3 is 4.74 Å². The lowest BCUT2D eigenvalue weighted by Crippen LogP contribution is -2.10. The standard InChI is InChI=1S/C11H10Br2O/c12-4-6-1-2-9(13)11-10(6)8-3-7(8)5-14-11/h1-2,7-8H,3-5H2. The van der Waals surface area contributed by atoms with Crippen LogP contribution in [0.4, 0.5) is 0 Å². The molecule has 1 aromatic rings. The van der Waals surface area contributed by atoms with E-state index in [-0.39, 0.29) is 0 Å². The molecule has 1 aliphatic heterocycles. The normalized spacial score (nSPS) is 27.6. The summed E-state index contributed by atoms with van der Waals surface area (Å²) in [5, 5.41) is 0.926. The summed E-state index contributed by atoms with van der Waals surface area (Å²) < 4.78 is 6.88. The number of fused-ring (bicyclic) bond motifs is 3. The first-order chi connectivity index (χ1) is 6.81. The second-order valence-electron chi connectivity index (χ2n) is 4.00. The second kappa shape index (κ2) is 3.24. The third-order valence-corrected chi connectivity index (χ3v) is 4.35. The second-order valence-corrected chi connectivity index (χ2v) is 5.41. The topological polar surface area (TPSA) is 9.23 Å². The van der Waals surface area contributed by atoms with Crippen molar-refractivity contribution in [1.82, 2.24) is 0 Å². The van der Waals surface area contributed by atoms with Crippen LogP contribution in [0.3, 0.4) is 0 Å². The number of halogens is 2. The molecule has 1 aromatic carbocycles. The Morgan fingerprint density at radius 1 is 1.43 bits per heavy atom. The lowest BCUT2D eigenvalue weighted by atomic mass is 10.0. The van der Waals surface area contributed by atoms with E-state index in [4.69, 9.17) is 4.74 Å². The van der Waals surface area contributed by atoms with Crippen molar-refractivity contribution in [3.63, 3.8) is 0 Å². The summed E-state index contributed by atoms with van der Waals surface area (Å²) in [6, 6.07) is 4.26. The minimum atomic E-state index is 0.767. The van der Waals surface area contributed by atoms with Crippen LogP contribution in [-0.4, -0.2) is 6.61 Å². The first-order valence-electron chi connectivity index (χ1n) is 4.81. The van der Waals surface area contributed by atoms with Crippen LogP contribution in [0.1, 0.15) is 23.5 Å². The fraction of sp³-hybridized carbons (Fsp3) is 0.455. The molecule has 14 heavy (non-hydrogen) atoms. The quantitative estimate of drug-likeness (QED) is 0.715. The van der Waals surface area contributed by atoms with Gasteiger partial charge in [0.25, 0.3) is 0 Å². The van der Waals surface area contributed by atoms with Crippen LogP contribution in [0.2, 0.25) is 0 Å². The van der Waals surface area contributed by atoms with Gasteiger partial charge in [-0.2, -0.15) is 0 Å². The van der Waals surface area contributed by atoms with Crippen molar-refractivity contribution < 1.29 is 4.74 Å². The predicted octanol–water partition coefficient (Wildman–Crippen LogP) is 3.84. The molecule has 2 unspecified atom stereocenters. The van der Waals surface area contributed by atoms with Crippen LogP contribution in [0.25, 0.3) is 0 Å². The highest BCUT2D eigenvalue weighted by Gasteiger charge is 2.45. The summed E-state index contributed by atoms with van der Waals surface area (Å²) in [6.45, 7) is 0.905. The molecular weight excluding hydrogens is 308 g/mol. The van der Waals surface area contributed by atoms with E-state index >= 15 is 0 Å². The van der Waals surface area contributed by atoms with Crippen molar-refractivity contribution in [2.75, 3.05) is 6.61 Å². The summed E-state index contributed by atoms with van der Waals surface area (Å²) in [6.07, 6.45) is 1.31. The summed E-state index contributed by atoms with van der Waals surface area (Å²) in [5.74, 6) is 2.64. The monoisotopic (exact) mass is 316 g/mol. The number of ether oxygens (including phenoxy) is 1. The number of benzene rings is 1. The Labute approximate surface area is 100 Å². The van der Waals surface area contributed by atoms with Crippen molar-refractivity contribution in [3.8, 4) is 5.75 Å². The number of hydrogen-bond acceptors (Lipinski definition) is 1. The molecule has 2 aliphatic rings. The van der Waals surface area contributed by atoms with Crippen molar-refractivity contribution in [2.45, 2.75) is 17.7 Å². The lowest BCUT2D eigenvalue weighted by Gasteiger charge is -2.20. The zero-order valence-corrected chi connectivity index (χ0v) is 10.8. The van der Waals surface area contributed by atoms with Gasteiger partial charge >= 0.3 is 0 Å². The molecular formula is C11H10Br2O. The Hall–Kier alpha value is -0.0200. The van der Waals surface area contributed by atoms with Gasteiger partial charge in [0.15, 0.2) is 0 Å². The fourth-order valence-electron chi connectivity index (χ4n) is 2.26. The molecule has 1 nitrogen and oxygen atoms in total. The Morgan fingerprint density at radius 2 is 2.29 bits per heavy atom. The maximum Gasteiger partial charge on any atom is 0.137 e. The van der Waals surface area contributed by atoms with E-state index in [1.807, 2.05) is 0 Å². The van der Waals surface area contributed by atoms with Crippen molar-refractivity contribution in [3.05, 3.63) is 27.7 Å². The highest BCUT2D eigenvalue weighted by molar-refractivity contribution is 9.10. The number of alkyl halides is 1. The maximum atomic E-state index is 5.78. The molecule has 74 valence electrons. The molecule has 0 amide bonds. The minimum absolute atomic E-state index is 0.767. The molecule has 0 saturated heterocycles. The van der Waals surface area contributed by atoms with Gasteiger partial charge in [-0.15, -0.1) is 0 Å². The van der Waals surface area contributed by atoms with Crippen molar-refractivity contribution in [2.24, 2.45) is 5.92 Å². The highest BCUT2D eigenvalue weighted by atomic mass is 79.9. The number of hydrogen-bond donors (Lipinski definition) is 0. The molecule has 3 rings (SSSR count). The molecule has 2 atom stereocenters. The van der Waals surface area contributed by atoms with Crippen LogP contribution in [0.5, 0.6) is 5.75 Å².